The van der Waals surface area contributed by atoms with Crippen LogP contribution in [0.4, 0.5) is 0 Å². The van der Waals surface area contributed by atoms with E-state index in [0.29, 0.717) is 0 Å². The van der Waals surface area contributed by atoms with E-state index in [4.69, 9.17) is 50.6 Å². The van der Waals surface area contributed by atoms with Crippen molar-refractivity contribution in [3.8, 4) is 0 Å². The summed E-state index contributed by atoms with van der Waals surface area (Å²) >= 11 is 0. The van der Waals surface area contributed by atoms with Crippen LogP contribution in [-0.4, -0.2) is 79.3 Å². The van der Waals surface area contributed by atoms with E-state index >= 15 is 0 Å². The highest BCUT2D eigenvalue weighted by Crippen LogP contribution is 2.24. The van der Waals surface area contributed by atoms with Crippen molar-refractivity contribution >= 4 is 58.6 Å². The molecule has 0 aromatic heterocycles. The molecule has 0 aromatic carbocycles. The maximum absolute atomic E-state index is 10.6. The summed E-state index contributed by atoms with van der Waals surface area (Å²) in [4.78, 5) is 0. The largest absolute Gasteiger partial charge is 0.833 e. The molecule has 6 rings (SSSR count). The fourth-order valence-corrected chi connectivity index (χ4v) is 1.93. The molecule has 0 aromatic rings. The highest BCUT2D eigenvalue weighted by atomic mass is 17.0. The van der Waals surface area contributed by atoms with Crippen molar-refractivity contribution in [2.24, 2.45) is 0 Å². The maximum atomic E-state index is 10.6. The fraction of sp³-hybridized carbons (Fsp3) is 1.00. The first-order chi connectivity index (χ1) is 12.6. The second kappa shape index (κ2) is 9.61. The Balaban J connectivity index is 0.000000152. The Bertz CT molecular complexity index is 426. The van der Waals surface area contributed by atoms with Gasteiger partial charge < -0.3 is 69.4 Å². The van der Waals surface area contributed by atoms with E-state index < -0.39 is 65.0 Å². The molecule has 0 N–H and O–H groups in total. The van der Waals surface area contributed by atoms with Crippen LogP contribution >= 0.6 is 0 Å². The summed E-state index contributed by atoms with van der Waals surface area (Å²) in [7, 11) is -5.65. The molecular formula is C4H11B8O15-. The van der Waals surface area contributed by atoms with Crippen molar-refractivity contribution in [3.63, 3.8) is 0 Å². The van der Waals surface area contributed by atoms with Crippen LogP contribution in [0, 0.1) is 0 Å². The second-order valence-electron chi connectivity index (χ2n) is 4.70. The van der Waals surface area contributed by atoms with E-state index in [1.54, 1.807) is 0 Å². The Hall–Kier alpha value is -0.0805. The molecule has 0 saturated carbocycles. The summed E-state index contributed by atoms with van der Waals surface area (Å²) < 4.78 is 67.9. The van der Waals surface area contributed by atoms with Crippen LogP contribution in [0.15, 0.2) is 0 Å². The predicted molar refractivity (Wildman–Crippen MR) is 83.6 cm³/mol. The molecule has 15 nitrogen and oxygen atoms in total. The number of fused-ring (bicyclic) bond motifs is 2. The van der Waals surface area contributed by atoms with E-state index in [0.717, 1.165) is 0 Å². The predicted octanol–water partition coefficient (Wildman–Crippen LogP) is -4.31. The van der Waals surface area contributed by atoms with Crippen molar-refractivity contribution in [2.75, 3.05) is 14.2 Å². The van der Waals surface area contributed by atoms with Gasteiger partial charge in [-0.2, -0.15) is 0 Å². The van der Waals surface area contributed by atoms with Gasteiger partial charge in [-0.15, -0.1) is 0 Å². The minimum absolute atomic E-state index is 0. The van der Waals surface area contributed by atoms with Crippen molar-refractivity contribution in [1.82, 2.24) is 0 Å². The second-order valence-corrected chi connectivity index (χ2v) is 4.70. The molecule has 6 bridgehead atoms. The zero-order chi connectivity index (χ0) is 18.1. The van der Waals surface area contributed by atoms with E-state index in [1.165, 1.54) is 14.2 Å². The van der Waals surface area contributed by atoms with Gasteiger partial charge in [0, 0.05) is 14.2 Å². The monoisotopic (exact) mass is 387 g/mol. The highest BCUT2D eigenvalue weighted by Gasteiger charge is 2.56. The Morgan fingerprint density at radius 2 is 1.00 bits per heavy atom. The van der Waals surface area contributed by atoms with Crippen molar-refractivity contribution < 1.29 is 69.4 Å². The lowest BCUT2D eigenvalue weighted by atomic mass is 9.90. The quantitative estimate of drug-likeness (QED) is 0.421. The number of rotatable bonds is 2. The normalized spacial score (nSPS) is 24.6. The van der Waals surface area contributed by atoms with Crippen LogP contribution < -0.4 is 5.02 Å². The average Bonchev–Trinajstić information content (AvgIpc) is 2.57. The van der Waals surface area contributed by atoms with Gasteiger partial charge in [0.1, 0.15) is 0 Å². The number of hydrogen-bond acceptors (Lipinski definition) is 15. The third kappa shape index (κ3) is 5.50. The molecule has 27 heavy (non-hydrogen) atoms. The molecule has 6 fully saturated rings. The van der Waals surface area contributed by atoms with Gasteiger partial charge in [-0.05, 0) is 0 Å². The lowest BCUT2D eigenvalue weighted by Gasteiger charge is -2.39. The van der Waals surface area contributed by atoms with Crippen LogP contribution in [0.1, 0.15) is 7.43 Å². The molecule has 142 valence electrons. The smallest absolute Gasteiger partial charge is 0.634 e. The van der Waals surface area contributed by atoms with E-state index in [9.17, 15) is 5.02 Å². The molecule has 0 atom stereocenters. The third-order valence-corrected chi connectivity index (χ3v) is 3.05. The minimum Gasteiger partial charge on any atom is -0.833 e. The molecule has 0 spiro atoms. The maximum Gasteiger partial charge on any atom is 0.634 e. The van der Waals surface area contributed by atoms with Gasteiger partial charge >= 0.3 is 58.6 Å². The Kier molecular flexibility index (Phi) is 7.70. The van der Waals surface area contributed by atoms with Crippen molar-refractivity contribution in [1.29, 1.82) is 0 Å². The van der Waals surface area contributed by atoms with Gasteiger partial charge in [0.15, 0.2) is 0 Å². The first-order valence-electron chi connectivity index (χ1n) is 7.18. The third-order valence-electron chi connectivity index (χ3n) is 3.05. The van der Waals surface area contributed by atoms with Crippen molar-refractivity contribution in [2.45, 2.75) is 13.9 Å². The zero-order valence-electron chi connectivity index (χ0n) is 13.3. The molecule has 6 aliphatic rings. The molecule has 23 heteroatoms. The van der Waals surface area contributed by atoms with Gasteiger partial charge in [-0.3, -0.25) is 0 Å². The van der Waals surface area contributed by atoms with E-state index in [1.807, 2.05) is 0 Å². The van der Waals surface area contributed by atoms with Crippen LogP contribution in [0.5, 0.6) is 0 Å². The molecule has 0 radical (unpaired) electrons. The first-order valence-corrected chi connectivity index (χ1v) is 7.18. The summed E-state index contributed by atoms with van der Waals surface area (Å²) in [6, 6.07) is 0. The highest BCUT2D eigenvalue weighted by molar-refractivity contribution is 6.74. The van der Waals surface area contributed by atoms with Gasteiger partial charge in [0.2, 0.25) is 6.48 Å². The topological polar surface area (TPSA) is 152 Å². The van der Waals surface area contributed by atoms with Gasteiger partial charge in [0.05, 0.1) is 0 Å². The Labute approximate surface area is 157 Å². The summed E-state index contributed by atoms with van der Waals surface area (Å²) in [6.45, 7) is -0.832. The van der Waals surface area contributed by atoms with Gasteiger partial charge in [-0.25, -0.2) is 0 Å². The molecule has 0 aliphatic carbocycles. The van der Waals surface area contributed by atoms with Crippen LogP contribution in [0.3, 0.4) is 0 Å². The minimum atomic E-state index is -1.65. The molecule has 0 unspecified atom stereocenters. The van der Waals surface area contributed by atoms with Crippen LogP contribution in [-0.2, 0) is 64.4 Å². The van der Waals surface area contributed by atoms with Gasteiger partial charge in [-0.1, -0.05) is 7.43 Å². The molecule has 6 heterocycles. The average molecular weight is 386 g/mol. The summed E-state index contributed by atoms with van der Waals surface area (Å²) in [5.41, 5.74) is 0. The van der Waals surface area contributed by atoms with E-state index in [2.05, 4.69) is 13.8 Å². The summed E-state index contributed by atoms with van der Waals surface area (Å²) in [6.07, 6.45) is 0. The molecular weight excluding hydrogens is 375 g/mol. The zero-order valence-corrected chi connectivity index (χ0v) is 13.3. The van der Waals surface area contributed by atoms with Crippen LogP contribution in [0.25, 0.3) is 0 Å². The number of hydrogen-bond donors (Lipinski definition) is 0. The molecule has 6 saturated heterocycles. The lowest BCUT2D eigenvalue weighted by molar-refractivity contribution is -0.268. The SMILES string of the molecule is C.COB1OB2OB(O1)OC1OB(O2)O1.COB1OB2OB([O-])OB(O1)O2. The van der Waals surface area contributed by atoms with E-state index in [-0.39, 0.29) is 7.43 Å². The summed E-state index contributed by atoms with van der Waals surface area (Å²) in [5.74, 6) is 0. The summed E-state index contributed by atoms with van der Waals surface area (Å²) in [5, 5.41) is 10.6. The lowest BCUT2D eigenvalue weighted by Crippen LogP contribution is -2.63. The van der Waals surface area contributed by atoms with Crippen LogP contribution in [0.2, 0.25) is 0 Å². The first kappa shape index (κ1) is 21.6. The Morgan fingerprint density at radius 1 is 0.593 bits per heavy atom. The standard InChI is InChI=1S/C2H4B4O8.CH3B4O7.CH4/c1-7-3-11-5-10-2-8-4(9-2)13-6(12-3)14-5;1-7-3-10-4-8-2(6)9-5(11-3)12-4;/h2H,1H3;1H3;1H4/q;-1;. The Morgan fingerprint density at radius 3 is 1.56 bits per heavy atom. The molecule has 6 aliphatic heterocycles. The fourth-order valence-electron chi connectivity index (χ4n) is 1.93. The van der Waals surface area contributed by atoms with Crippen molar-refractivity contribution in [3.05, 3.63) is 0 Å². The van der Waals surface area contributed by atoms with Gasteiger partial charge in [0.25, 0.3) is 0 Å². The molecule has 0 amide bonds.